The minimum atomic E-state index is -0.334. The van der Waals surface area contributed by atoms with Gasteiger partial charge in [0, 0.05) is 11.3 Å². The summed E-state index contributed by atoms with van der Waals surface area (Å²) in [6.45, 7) is 2.08. The first-order valence-electron chi connectivity index (χ1n) is 7.50. The maximum atomic E-state index is 11.9. The molecule has 0 spiro atoms. The Labute approximate surface area is 146 Å². The molecular weight excluding hydrogens is 352 g/mol. The summed E-state index contributed by atoms with van der Waals surface area (Å²) in [7, 11) is 0. The molecule has 0 radical (unpaired) electrons. The highest BCUT2D eigenvalue weighted by molar-refractivity contribution is 7.99. The van der Waals surface area contributed by atoms with Crippen molar-refractivity contribution >= 4 is 40.1 Å². The lowest BCUT2D eigenvalue weighted by atomic mass is 10.3. The van der Waals surface area contributed by atoms with Crippen LogP contribution in [-0.4, -0.2) is 39.4 Å². The van der Waals surface area contributed by atoms with Crippen LogP contribution in [0.4, 0.5) is 5.13 Å². The fourth-order valence-corrected chi connectivity index (χ4v) is 3.16. The third-order valence-electron chi connectivity index (χ3n) is 3.10. The molecule has 1 fully saturated rings. The van der Waals surface area contributed by atoms with Crippen LogP contribution >= 0.6 is 23.1 Å². The van der Waals surface area contributed by atoms with Gasteiger partial charge in [-0.25, -0.2) is 4.98 Å². The van der Waals surface area contributed by atoms with Crippen LogP contribution in [0.25, 0.3) is 0 Å². The number of ether oxygens (including phenoxy) is 1. The first-order chi connectivity index (χ1) is 11.6. The second-order valence-electron chi connectivity index (χ2n) is 5.14. The van der Waals surface area contributed by atoms with E-state index in [0.717, 1.165) is 12.8 Å². The number of nitrogens with zero attached hydrogens (tertiary/aromatic N) is 3. The summed E-state index contributed by atoms with van der Waals surface area (Å²) < 4.78 is 10.3. The number of aromatic nitrogens is 3. The van der Waals surface area contributed by atoms with Crippen LogP contribution in [-0.2, 0) is 20.7 Å². The molecule has 2 aromatic rings. The molecule has 1 saturated carbocycles. The lowest BCUT2D eigenvalue weighted by Gasteiger charge is -2.00. The average Bonchev–Trinajstić information content (AvgIpc) is 3.13. The van der Waals surface area contributed by atoms with Crippen LogP contribution < -0.4 is 5.32 Å². The quantitative estimate of drug-likeness (QED) is 0.558. The van der Waals surface area contributed by atoms with E-state index in [9.17, 15) is 9.59 Å². The number of amides is 1. The number of nitrogens with one attached hydrogen (secondary N) is 1. The molecule has 1 aliphatic carbocycles. The number of thioether (sulfide) groups is 1. The molecule has 24 heavy (non-hydrogen) atoms. The summed E-state index contributed by atoms with van der Waals surface area (Å²) in [6, 6.07) is 0. The van der Waals surface area contributed by atoms with E-state index in [4.69, 9.17) is 9.15 Å². The second-order valence-corrected chi connectivity index (χ2v) is 6.93. The summed E-state index contributed by atoms with van der Waals surface area (Å²) in [5, 5.41) is 13.1. The summed E-state index contributed by atoms with van der Waals surface area (Å²) in [6.07, 6.45) is 2.27. The maximum absolute atomic E-state index is 11.9. The van der Waals surface area contributed by atoms with Crippen molar-refractivity contribution in [2.24, 2.45) is 0 Å². The van der Waals surface area contributed by atoms with Crippen LogP contribution in [0.2, 0.25) is 0 Å². The van der Waals surface area contributed by atoms with E-state index in [1.165, 1.54) is 23.1 Å². The lowest BCUT2D eigenvalue weighted by molar-refractivity contribution is -0.142. The standard InChI is InChI=1S/C14H16N4O4S2/c1-2-21-11(20)5-9-6-23-13(15-9)16-10(19)7-24-14-18-17-12(22-14)8-3-4-8/h6,8H,2-5,7H2,1H3,(H,15,16,19). The summed E-state index contributed by atoms with van der Waals surface area (Å²) in [5.74, 6) is 0.650. The van der Waals surface area contributed by atoms with E-state index in [1.807, 2.05) is 0 Å². The van der Waals surface area contributed by atoms with Gasteiger partial charge in [-0.3, -0.25) is 9.59 Å². The van der Waals surface area contributed by atoms with Gasteiger partial charge in [0.15, 0.2) is 5.13 Å². The molecule has 1 amide bonds. The van der Waals surface area contributed by atoms with Crippen molar-refractivity contribution in [3.05, 3.63) is 17.0 Å². The average molecular weight is 368 g/mol. The topological polar surface area (TPSA) is 107 Å². The number of rotatable bonds is 8. The van der Waals surface area contributed by atoms with E-state index in [0.29, 0.717) is 34.5 Å². The minimum Gasteiger partial charge on any atom is -0.466 e. The summed E-state index contributed by atoms with van der Waals surface area (Å²) in [4.78, 5) is 27.5. The minimum absolute atomic E-state index is 0.0981. The number of carbonyl (C=O) groups is 2. The molecule has 8 nitrogen and oxygen atoms in total. The second kappa shape index (κ2) is 7.75. The van der Waals surface area contributed by atoms with Gasteiger partial charge in [0.25, 0.3) is 5.22 Å². The molecule has 0 unspecified atom stereocenters. The molecule has 1 aliphatic rings. The summed E-state index contributed by atoms with van der Waals surface area (Å²) >= 11 is 2.45. The Bertz CT molecular complexity index is 726. The zero-order valence-electron chi connectivity index (χ0n) is 13.0. The molecule has 0 atom stereocenters. The molecule has 3 rings (SSSR count). The van der Waals surface area contributed by atoms with Crippen molar-refractivity contribution in [1.29, 1.82) is 0 Å². The smallest absolute Gasteiger partial charge is 0.311 e. The van der Waals surface area contributed by atoms with Gasteiger partial charge in [0.2, 0.25) is 11.8 Å². The summed E-state index contributed by atoms with van der Waals surface area (Å²) in [5.41, 5.74) is 0.576. The monoisotopic (exact) mass is 368 g/mol. The van der Waals surface area contributed by atoms with Gasteiger partial charge in [-0.2, -0.15) is 0 Å². The van der Waals surface area contributed by atoms with Gasteiger partial charge < -0.3 is 14.5 Å². The fraction of sp³-hybridized carbons (Fsp3) is 0.500. The first kappa shape index (κ1) is 16.9. The number of carbonyl (C=O) groups excluding carboxylic acids is 2. The highest BCUT2D eigenvalue weighted by Gasteiger charge is 2.29. The van der Waals surface area contributed by atoms with Crippen LogP contribution in [0.15, 0.2) is 15.0 Å². The largest absolute Gasteiger partial charge is 0.466 e. The molecule has 2 aromatic heterocycles. The zero-order chi connectivity index (χ0) is 16.9. The molecule has 0 bridgehead atoms. The Balaban J connectivity index is 1.44. The van der Waals surface area contributed by atoms with Gasteiger partial charge in [-0.15, -0.1) is 21.5 Å². The van der Waals surface area contributed by atoms with Crippen LogP contribution in [0.5, 0.6) is 0 Å². The van der Waals surface area contributed by atoms with Gasteiger partial charge in [-0.05, 0) is 19.8 Å². The zero-order valence-corrected chi connectivity index (χ0v) is 14.6. The Morgan fingerprint density at radius 3 is 3.04 bits per heavy atom. The molecule has 2 heterocycles. The Kier molecular flexibility index (Phi) is 5.46. The molecular formula is C14H16N4O4S2. The normalized spacial score (nSPS) is 13.7. The highest BCUT2D eigenvalue weighted by Crippen LogP contribution is 2.39. The number of esters is 1. The number of thiazole rings is 1. The Morgan fingerprint density at radius 2 is 2.29 bits per heavy atom. The maximum Gasteiger partial charge on any atom is 0.311 e. The van der Waals surface area contributed by atoms with Crippen molar-refractivity contribution in [1.82, 2.24) is 15.2 Å². The predicted molar refractivity (Wildman–Crippen MR) is 88.1 cm³/mol. The van der Waals surface area contributed by atoms with E-state index < -0.39 is 0 Å². The molecule has 0 aromatic carbocycles. The van der Waals surface area contributed by atoms with Crippen molar-refractivity contribution in [3.8, 4) is 0 Å². The Hall–Kier alpha value is -1.94. The predicted octanol–water partition coefficient (Wildman–Crippen LogP) is 2.24. The highest BCUT2D eigenvalue weighted by atomic mass is 32.2. The molecule has 0 saturated heterocycles. The van der Waals surface area contributed by atoms with Crippen molar-refractivity contribution in [2.45, 2.75) is 37.3 Å². The van der Waals surface area contributed by atoms with Gasteiger partial charge in [0.1, 0.15) is 0 Å². The Morgan fingerprint density at radius 1 is 1.46 bits per heavy atom. The van der Waals surface area contributed by atoms with E-state index in [1.54, 1.807) is 12.3 Å². The lowest BCUT2D eigenvalue weighted by Crippen LogP contribution is -2.14. The van der Waals surface area contributed by atoms with Crippen molar-refractivity contribution in [2.75, 3.05) is 17.7 Å². The number of hydrogen-bond donors (Lipinski definition) is 1. The first-order valence-corrected chi connectivity index (χ1v) is 9.36. The third kappa shape index (κ3) is 4.78. The van der Waals surface area contributed by atoms with Crippen LogP contribution in [0, 0.1) is 0 Å². The number of hydrogen-bond acceptors (Lipinski definition) is 9. The van der Waals surface area contributed by atoms with Gasteiger partial charge in [0.05, 0.1) is 24.5 Å². The van der Waals surface area contributed by atoms with Crippen molar-refractivity contribution < 1.29 is 18.7 Å². The van der Waals surface area contributed by atoms with Crippen molar-refractivity contribution in [3.63, 3.8) is 0 Å². The van der Waals surface area contributed by atoms with Crippen LogP contribution in [0.3, 0.4) is 0 Å². The molecule has 1 N–H and O–H groups in total. The molecule has 10 heteroatoms. The SMILES string of the molecule is CCOC(=O)Cc1csc(NC(=O)CSc2nnc(C3CC3)o2)n1. The van der Waals surface area contributed by atoms with E-state index >= 15 is 0 Å². The van der Waals surface area contributed by atoms with Crippen LogP contribution in [0.1, 0.15) is 37.3 Å². The number of anilines is 1. The molecule has 128 valence electrons. The fourth-order valence-electron chi connectivity index (χ4n) is 1.86. The van der Waals surface area contributed by atoms with E-state index in [-0.39, 0.29) is 24.1 Å². The molecule has 0 aliphatic heterocycles. The van der Waals surface area contributed by atoms with Gasteiger partial charge >= 0.3 is 5.97 Å². The van der Waals surface area contributed by atoms with E-state index in [2.05, 4.69) is 20.5 Å². The van der Waals surface area contributed by atoms with Gasteiger partial charge in [-0.1, -0.05) is 11.8 Å². The third-order valence-corrected chi connectivity index (χ3v) is 4.73.